The minimum atomic E-state index is -0.293. The van der Waals surface area contributed by atoms with Crippen molar-refractivity contribution in [2.24, 2.45) is 5.10 Å². The first kappa shape index (κ1) is 19.5. The predicted octanol–water partition coefficient (Wildman–Crippen LogP) is 4.69. The van der Waals surface area contributed by atoms with Crippen LogP contribution in [0, 0.1) is 0 Å². The number of hydrogen-bond acceptors (Lipinski definition) is 4. The van der Waals surface area contributed by atoms with Crippen molar-refractivity contribution in [2.45, 2.75) is 6.61 Å². The molecule has 0 saturated heterocycles. The first-order chi connectivity index (χ1) is 13.7. The first-order valence-corrected chi connectivity index (χ1v) is 8.97. The van der Waals surface area contributed by atoms with Gasteiger partial charge in [-0.05, 0) is 60.2 Å². The molecule has 142 valence electrons. The van der Waals surface area contributed by atoms with E-state index in [1.54, 1.807) is 37.6 Å². The summed E-state index contributed by atoms with van der Waals surface area (Å²) >= 11 is 6.12. The van der Waals surface area contributed by atoms with Crippen LogP contribution in [-0.2, 0) is 6.61 Å². The normalized spacial score (nSPS) is 10.6. The molecule has 0 saturated carbocycles. The van der Waals surface area contributed by atoms with E-state index in [2.05, 4.69) is 10.5 Å². The third-order valence-electron chi connectivity index (χ3n) is 3.96. The summed E-state index contributed by atoms with van der Waals surface area (Å²) in [6.07, 6.45) is 1.57. The van der Waals surface area contributed by atoms with Crippen LogP contribution in [0.1, 0.15) is 21.5 Å². The highest BCUT2D eigenvalue weighted by atomic mass is 35.5. The average Bonchev–Trinajstić information content (AvgIpc) is 2.74. The fourth-order valence-corrected chi connectivity index (χ4v) is 2.59. The number of carbonyl (C=O) groups is 1. The van der Waals surface area contributed by atoms with Crippen molar-refractivity contribution in [3.05, 3.63) is 94.5 Å². The van der Waals surface area contributed by atoms with Gasteiger partial charge in [0.15, 0.2) is 0 Å². The van der Waals surface area contributed by atoms with E-state index < -0.39 is 0 Å². The molecular formula is C22H19ClN2O3. The van der Waals surface area contributed by atoms with E-state index in [4.69, 9.17) is 21.1 Å². The second kappa shape index (κ2) is 9.58. The number of rotatable bonds is 7. The molecule has 0 aromatic heterocycles. The molecule has 3 aromatic rings. The maximum atomic E-state index is 12.0. The van der Waals surface area contributed by atoms with E-state index in [0.717, 1.165) is 16.9 Å². The zero-order valence-corrected chi connectivity index (χ0v) is 16.0. The van der Waals surface area contributed by atoms with Crippen LogP contribution < -0.4 is 14.9 Å². The molecule has 28 heavy (non-hydrogen) atoms. The van der Waals surface area contributed by atoms with Gasteiger partial charge in [-0.2, -0.15) is 5.10 Å². The Labute approximate surface area is 168 Å². The number of carbonyl (C=O) groups excluding carboxylic acids is 1. The molecule has 0 radical (unpaired) electrons. The quantitative estimate of drug-likeness (QED) is 0.467. The van der Waals surface area contributed by atoms with E-state index in [0.29, 0.717) is 22.9 Å². The van der Waals surface area contributed by atoms with Gasteiger partial charge in [0, 0.05) is 16.1 Å². The number of hydrazone groups is 1. The highest BCUT2D eigenvalue weighted by Crippen LogP contribution is 2.18. The van der Waals surface area contributed by atoms with Crippen LogP contribution in [0.2, 0.25) is 5.02 Å². The molecule has 0 fully saturated rings. The monoisotopic (exact) mass is 394 g/mol. The van der Waals surface area contributed by atoms with Crippen molar-refractivity contribution in [2.75, 3.05) is 7.11 Å². The van der Waals surface area contributed by atoms with E-state index >= 15 is 0 Å². The minimum Gasteiger partial charge on any atom is -0.497 e. The lowest BCUT2D eigenvalue weighted by Gasteiger charge is -2.07. The van der Waals surface area contributed by atoms with E-state index in [1.807, 2.05) is 48.5 Å². The van der Waals surface area contributed by atoms with Crippen molar-refractivity contribution in [1.29, 1.82) is 0 Å². The lowest BCUT2D eigenvalue weighted by atomic mass is 10.2. The molecule has 1 N–H and O–H groups in total. The van der Waals surface area contributed by atoms with Gasteiger partial charge in [-0.1, -0.05) is 29.8 Å². The SMILES string of the molecule is COc1ccc(C(=O)N/N=C\c2ccc(OCc3ccccc3Cl)cc2)cc1. The maximum absolute atomic E-state index is 12.0. The van der Waals surface area contributed by atoms with Gasteiger partial charge in [-0.3, -0.25) is 4.79 Å². The fraction of sp³-hybridized carbons (Fsp3) is 0.0909. The Kier molecular flexibility index (Phi) is 6.65. The number of amides is 1. The van der Waals surface area contributed by atoms with Gasteiger partial charge in [-0.15, -0.1) is 0 Å². The molecule has 0 bridgehead atoms. The van der Waals surface area contributed by atoms with Gasteiger partial charge >= 0.3 is 0 Å². The van der Waals surface area contributed by atoms with Crippen LogP contribution in [-0.4, -0.2) is 19.2 Å². The number of hydrogen-bond donors (Lipinski definition) is 1. The van der Waals surface area contributed by atoms with E-state index in [9.17, 15) is 4.79 Å². The van der Waals surface area contributed by atoms with Crippen molar-refractivity contribution in [3.63, 3.8) is 0 Å². The van der Waals surface area contributed by atoms with Crippen LogP contribution in [0.5, 0.6) is 11.5 Å². The number of benzene rings is 3. The van der Waals surface area contributed by atoms with Crippen molar-refractivity contribution < 1.29 is 14.3 Å². The Bertz CT molecular complexity index is 954. The second-order valence-corrected chi connectivity index (χ2v) is 6.28. The van der Waals surface area contributed by atoms with Crippen LogP contribution in [0.4, 0.5) is 0 Å². The molecule has 5 nitrogen and oxygen atoms in total. The standard InChI is InChI=1S/C22H19ClN2O3/c1-27-19-12-8-17(9-13-19)22(26)25-24-14-16-6-10-20(11-7-16)28-15-18-4-2-3-5-21(18)23/h2-14H,15H2,1H3,(H,25,26)/b24-14-. The van der Waals surface area contributed by atoms with Crippen molar-refractivity contribution >= 4 is 23.7 Å². The van der Waals surface area contributed by atoms with Crippen molar-refractivity contribution in [1.82, 2.24) is 5.43 Å². The molecule has 6 heteroatoms. The van der Waals surface area contributed by atoms with E-state index in [1.165, 1.54) is 0 Å². The molecule has 0 aliphatic rings. The largest absolute Gasteiger partial charge is 0.497 e. The minimum absolute atomic E-state index is 0.293. The average molecular weight is 395 g/mol. The topological polar surface area (TPSA) is 59.9 Å². The number of nitrogens with one attached hydrogen (secondary N) is 1. The molecule has 0 spiro atoms. The highest BCUT2D eigenvalue weighted by molar-refractivity contribution is 6.31. The van der Waals surface area contributed by atoms with Crippen LogP contribution >= 0.6 is 11.6 Å². The fourth-order valence-electron chi connectivity index (χ4n) is 2.40. The van der Waals surface area contributed by atoms with Gasteiger partial charge in [0.2, 0.25) is 0 Å². The molecule has 3 rings (SSSR count). The van der Waals surface area contributed by atoms with Crippen LogP contribution in [0.3, 0.4) is 0 Å². The molecule has 0 aliphatic carbocycles. The summed E-state index contributed by atoms with van der Waals surface area (Å²) in [5.41, 5.74) is 4.76. The lowest BCUT2D eigenvalue weighted by Crippen LogP contribution is -2.17. The number of methoxy groups -OCH3 is 1. The Morgan fingerprint density at radius 3 is 2.36 bits per heavy atom. The summed E-state index contributed by atoms with van der Waals surface area (Å²) in [6, 6.07) is 21.7. The summed E-state index contributed by atoms with van der Waals surface area (Å²) in [4.78, 5) is 12.0. The maximum Gasteiger partial charge on any atom is 0.271 e. The number of halogens is 1. The second-order valence-electron chi connectivity index (χ2n) is 5.88. The van der Waals surface area contributed by atoms with Gasteiger partial charge in [-0.25, -0.2) is 5.43 Å². The highest BCUT2D eigenvalue weighted by Gasteiger charge is 2.04. The molecule has 0 aliphatic heterocycles. The molecule has 0 heterocycles. The van der Waals surface area contributed by atoms with E-state index in [-0.39, 0.29) is 5.91 Å². The molecule has 3 aromatic carbocycles. The summed E-state index contributed by atoms with van der Waals surface area (Å²) in [5, 5.41) is 4.66. The van der Waals surface area contributed by atoms with Gasteiger partial charge in [0.25, 0.3) is 5.91 Å². The van der Waals surface area contributed by atoms with Crippen LogP contribution in [0.15, 0.2) is 77.9 Å². The molecular weight excluding hydrogens is 376 g/mol. The van der Waals surface area contributed by atoms with Crippen molar-refractivity contribution in [3.8, 4) is 11.5 Å². The Balaban J connectivity index is 1.51. The summed E-state index contributed by atoms with van der Waals surface area (Å²) in [5.74, 6) is 1.12. The van der Waals surface area contributed by atoms with Gasteiger partial charge in [0.1, 0.15) is 18.1 Å². The summed E-state index contributed by atoms with van der Waals surface area (Å²) in [6.45, 7) is 0.394. The number of ether oxygens (including phenoxy) is 2. The van der Waals surface area contributed by atoms with Crippen LogP contribution in [0.25, 0.3) is 0 Å². The Hall–Kier alpha value is -3.31. The zero-order chi connectivity index (χ0) is 19.8. The predicted molar refractivity (Wildman–Crippen MR) is 110 cm³/mol. The lowest BCUT2D eigenvalue weighted by molar-refractivity contribution is 0.0955. The Morgan fingerprint density at radius 2 is 1.68 bits per heavy atom. The molecule has 1 amide bonds. The Morgan fingerprint density at radius 1 is 1.00 bits per heavy atom. The summed E-state index contributed by atoms with van der Waals surface area (Å²) in [7, 11) is 1.58. The van der Waals surface area contributed by atoms with Gasteiger partial charge in [0.05, 0.1) is 13.3 Å². The third kappa shape index (κ3) is 5.34. The summed E-state index contributed by atoms with van der Waals surface area (Å²) < 4.78 is 10.8. The third-order valence-corrected chi connectivity index (χ3v) is 4.33. The first-order valence-electron chi connectivity index (χ1n) is 8.59. The smallest absolute Gasteiger partial charge is 0.271 e. The molecule has 0 atom stereocenters. The van der Waals surface area contributed by atoms with Gasteiger partial charge < -0.3 is 9.47 Å². The number of nitrogens with zero attached hydrogens (tertiary/aromatic N) is 1. The molecule has 0 unspecified atom stereocenters. The zero-order valence-electron chi connectivity index (χ0n) is 15.3.